The number of anilines is 2. The van der Waals surface area contributed by atoms with Crippen molar-refractivity contribution >= 4 is 23.3 Å². The summed E-state index contributed by atoms with van der Waals surface area (Å²) in [4.78, 5) is 26.3. The minimum Gasteiger partial charge on any atom is -0.385 e. The Bertz CT molecular complexity index is 636. The topological polar surface area (TPSA) is 70.7 Å². The first-order valence-corrected chi connectivity index (χ1v) is 9.09. The number of hydrogen-bond acceptors (Lipinski definition) is 3. The number of likely N-dealkylation sites (tertiary alicyclic amines) is 1. The number of carbonyl (C=O) groups excluding carboxylic acids is 2. The Morgan fingerprint density at radius 1 is 1.31 bits per heavy atom. The Morgan fingerprint density at radius 3 is 2.77 bits per heavy atom. The van der Waals surface area contributed by atoms with Crippen molar-refractivity contribution < 1.29 is 18.7 Å². The standard InChI is InChI=1S/C19H28FN3O3/c1-13(2)18(24)22-17-12-14(7-8-16(17)20)21-19(25)23-10-5-4-6-15(23)9-11-26-3/h7-8,12-13,15H,4-6,9-11H2,1-3H3,(H,21,25)(H,22,24)/t15-/m1/s1. The van der Waals surface area contributed by atoms with Gasteiger partial charge in [-0.15, -0.1) is 0 Å². The first-order valence-electron chi connectivity index (χ1n) is 9.09. The summed E-state index contributed by atoms with van der Waals surface area (Å²) in [7, 11) is 1.65. The molecule has 0 radical (unpaired) electrons. The molecule has 1 saturated heterocycles. The summed E-state index contributed by atoms with van der Waals surface area (Å²) in [6.07, 6.45) is 3.81. The van der Waals surface area contributed by atoms with Gasteiger partial charge in [-0.25, -0.2) is 9.18 Å². The molecule has 1 aromatic carbocycles. The van der Waals surface area contributed by atoms with E-state index >= 15 is 0 Å². The van der Waals surface area contributed by atoms with Crippen LogP contribution in [-0.4, -0.2) is 43.1 Å². The van der Waals surface area contributed by atoms with Crippen molar-refractivity contribution in [1.82, 2.24) is 4.90 Å². The molecule has 1 atom stereocenters. The first kappa shape index (κ1) is 20.2. The molecular weight excluding hydrogens is 337 g/mol. The molecule has 0 bridgehead atoms. The van der Waals surface area contributed by atoms with Crippen molar-refractivity contribution in [3.8, 4) is 0 Å². The summed E-state index contributed by atoms with van der Waals surface area (Å²) >= 11 is 0. The summed E-state index contributed by atoms with van der Waals surface area (Å²) < 4.78 is 19.1. The third-order valence-corrected chi connectivity index (χ3v) is 4.54. The number of nitrogens with one attached hydrogen (secondary N) is 2. The lowest BCUT2D eigenvalue weighted by Crippen LogP contribution is -2.46. The van der Waals surface area contributed by atoms with Crippen molar-refractivity contribution in [3.05, 3.63) is 24.0 Å². The number of rotatable bonds is 6. The molecule has 7 heteroatoms. The molecule has 26 heavy (non-hydrogen) atoms. The fourth-order valence-corrected chi connectivity index (χ4v) is 2.99. The number of benzene rings is 1. The number of ether oxygens (including phenoxy) is 1. The summed E-state index contributed by atoms with van der Waals surface area (Å²) in [5.74, 6) is -1.07. The Morgan fingerprint density at radius 2 is 2.08 bits per heavy atom. The van der Waals surface area contributed by atoms with Crippen LogP contribution < -0.4 is 10.6 Å². The van der Waals surface area contributed by atoms with E-state index in [1.165, 1.54) is 18.2 Å². The van der Waals surface area contributed by atoms with Crippen LogP contribution in [0, 0.1) is 11.7 Å². The van der Waals surface area contributed by atoms with Crippen LogP contribution >= 0.6 is 0 Å². The number of halogens is 1. The van der Waals surface area contributed by atoms with Gasteiger partial charge < -0.3 is 20.3 Å². The second-order valence-corrected chi connectivity index (χ2v) is 6.89. The van der Waals surface area contributed by atoms with Gasteiger partial charge in [0, 0.05) is 37.9 Å². The number of hydrogen-bond donors (Lipinski definition) is 2. The molecular formula is C19H28FN3O3. The molecule has 144 valence electrons. The second-order valence-electron chi connectivity index (χ2n) is 6.89. The highest BCUT2D eigenvalue weighted by Crippen LogP contribution is 2.23. The van der Waals surface area contributed by atoms with Gasteiger partial charge in [0.05, 0.1) is 5.69 Å². The summed E-state index contributed by atoms with van der Waals surface area (Å²) in [6, 6.07) is 4.11. The van der Waals surface area contributed by atoms with E-state index in [2.05, 4.69) is 10.6 Å². The average molecular weight is 365 g/mol. The van der Waals surface area contributed by atoms with E-state index in [0.29, 0.717) is 18.8 Å². The van der Waals surface area contributed by atoms with Gasteiger partial charge >= 0.3 is 6.03 Å². The highest BCUT2D eigenvalue weighted by molar-refractivity contribution is 5.94. The maximum absolute atomic E-state index is 13.9. The average Bonchev–Trinajstić information content (AvgIpc) is 2.62. The van der Waals surface area contributed by atoms with Crippen LogP contribution in [0.2, 0.25) is 0 Å². The maximum Gasteiger partial charge on any atom is 0.322 e. The van der Waals surface area contributed by atoms with Crippen LogP contribution in [0.1, 0.15) is 39.5 Å². The van der Waals surface area contributed by atoms with Crippen LogP contribution in [0.25, 0.3) is 0 Å². The molecule has 0 saturated carbocycles. The third kappa shape index (κ3) is 5.42. The highest BCUT2D eigenvalue weighted by Gasteiger charge is 2.26. The third-order valence-electron chi connectivity index (χ3n) is 4.54. The van der Waals surface area contributed by atoms with Crippen LogP contribution in [0.4, 0.5) is 20.6 Å². The Kier molecular flexibility index (Phi) is 7.38. The number of nitrogens with zero attached hydrogens (tertiary/aromatic N) is 1. The monoisotopic (exact) mass is 365 g/mol. The molecule has 2 rings (SSSR count). The number of urea groups is 1. The zero-order chi connectivity index (χ0) is 19.1. The molecule has 1 aromatic rings. The summed E-state index contributed by atoms with van der Waals surface area (Å²) in [5, 5.41) is 5.36. The minimum absolute atomic E-state index is 0.0658. The molecule has 0 spiro atoms. The molecule has 2 N–H and O–H groups in total. The van der Waals surface area contributed by atoms with Crippen molar-refractivity contribution in [2.24, 2.45) is 5.92 Å². The van der Waals surface area contributed by atoms with Crippen molar-refractivity contribution in [2.75, 3.05) is 30.9 Å². The Hall–Kier alpha value is -2.15. The lowest BCUT2D eigenvalue weighted by molar-refractivity contribution is -0.118. The van der Waals surface area contributed by atoms with Gasteiger partial charge in [-0.2, -0.15) is 0 Å². The molecule has 1 aliphatic rings. The maximum atomic E-state index is 13.9. The lowest BCUT2D eigenvalue weighted by atomic mass is 10.00. The largest absolute Gasteiger partial charge is 0.385 e. The SMILES string of the molecule is COCC[C@H]1CCCCN1C(=O)Nc1ccc(F)c(NC(=O)C(C)C)c1. The quantitative estimate of drug-likeness (QED) is 0.804. The molecule has 3 amide bonds. The minimum atomic E-state index is -0.534. The van der Waals surface area contributed by atoms with Gasteiger partial charge in [-0.05, 0) is 43.9 Å². The van der Waals surface area contributed by atoms with Crippen LogP contribution in [0.3, 0.4) is 0 Å². The molecule has 1 fully saturated rings. The molecule has 6 nitrogen and oxygen atoms in total. The molecule has 1 aliphatic heterocycles. The Labute approximate surface area is 154 Å². The van der Waals surface area contributed by atoms with Crippen molar-refractivity contribution in [2.45, 2.75) is 45.6 Å². The van der Waals surface area contributed by atoms with Crippen molar-refractivity contribution in [1.29, 1.82) is 0 Å². The van der Waals surface area contributed by atoms with Crippen molar-refractivity contribution in [3.63, 3.8) is 0 Å². The number of piperidine rings is 1. The first-order chi connectivity index (χ1) is 12.4. The lowest BCUT2D eigenvalue weighted by Gasteiger charge is -2.35. The van der Waals surface area contributed by atoms with E-state index in [9.17, 15) is 14.0 Å². The van der Waals surface area contributed by atoms with Gasteiger partial charge in [0.2, 0.25) is 5.91 Å². The smallest absolute Gasteiger partial charge is 0.322 e. The van der Waals surface area contributed by atoms with E-state index in [1.807, 2.05) is 4.90 Å². The van der Waals surface area contributed by atoms with Crippen LogP contribution in [0.15, 0.2) is 18.2 Å². The molecule has 0 unspecified atom stereocenters. The normalized spacial score (nSPS) is 17.3. The number of methoxy groups -OCH3 is 1. The second kappa shape index (κ2) is 9.52. The van der Waals surface area contributed by atoms with Crippen LogP contribution in [0.5, 0.6) is 0 Å². The highest BCUT2D eigenvalue weighted by atomic mass is 19.1. The molecule has 0 aliphatic carbocycles. The van der Waals surface area contributed by atoms with E-state index in [1.54, 1.807) is 21.0 Å². The fraction of sp³-hybridized carbons (Fsp3) is 0.579. The molecule has 1 heterocycles. The summed E-state index contributed by atoms with van der Waals surface area (Å²) in [6.45, 7) is 4.76. The zero-order valence-electron chi connectivity index (χ0n) is 15.7. The zero-order valence-corrected chi connectivity index (χ0v) is 15.7. The molecule has 0 aromatic heterocycles. The van der Waals surface area contributed by atoms with E-state index in [-0.39, 0.29) is 29.6 Å². The van der Waals surface area contributed by atoms with Gasteiger partial charge in [0.15, 0.2) is 0 Å². The van der Waals surface area contributed by atoms with Gasteiger partial charge in [0.1, 0.15) is 5.82 Å². The van der Waals surface area contributed by atoms with Gasteiger partial charge in [-0.3, -0.25) is 4.79 Å². The fourth-order valence-electron chi connectivity index (χ4n) is 2.99. The van der Waals surface area contributed by atoms with Crippen LogP contribution in [-0.2, 0) is 9.53 Å². The predicted molar refractivity (Wildman–Crippen MR) is 99.7 cm³/mol. The number of carbonyl (C=O) groups is 2. The predicted octanol–water partition coefficient (Wildman–Crippen LogP) is 3.84. The van der Waals surface area contributed by atoms with Gasteiger partial charge in [-0.1, -0.05) is 13.8 Å². The summed E-state index contributed by atoms with van der Waals surface area (Å²) in [5.41, 5.74) is 0.516. The van der Waals surface area contributed by atoms with E-state index in [0.717, 1.165) is 25.7 Å². The number of amides is 3. The van der Waals surface area contributed by atoms with Gasteiger partial charge in [0.25, 0.3) is 0 Å². The van der Waals surface area contributed by atoms with E-state index in [4.69, 9.17) is 4.74 Å². The van der Waals surface area contributed by atoms with E-state index < -0.39 is 5.82 Å². The Balaban J connectivity index is 2.06.